The van der Waals surface area contributed by atoms with Crippen molar-refractivity contribution in [2.45, 2.75) is 46.1 Å². The Bertz CT molecular complexity index is 442. The highest BCUT2D eigenvalue weighted by atomic mass is 16.1. The van der Waals surface area contributed by atoms with Crippen molar-refractivity contribution < 1.29 is 4.79 Å². The van der Waals surface area contributed by atoms with E-state index in [4.69, 9.17) is 0 Å². The van der Waals surface area contributed by atoms with E-state index in [0.717, 1.165) is 37.3 Å². The molecular weight excluding hydrogens is 198 g/mol. The SMILES string of the molecule is CC1(C)CC1Cn1ccc2c1CCCC2=O. The second-order valence-electron chi connectivity index (χ2n) is 5.99. The number of carbonyl (C=O) groups is 1. The average Bonchev–Trinajstić information content (AvgIpc) is 2.66. The van der Waals surface area contributed by atoms with Gasteiger partial charge in [-0.3, -0.25) is 4.79 Å². The standard InChI is InChI=1S/C14H19NO/c1-14(2)8-10(14)9-15-7-6-11-12(15)4-3-5-13(11)16/h6-7,10H,3-5,8-9H2,1-2H3. The lowest BCUT2D eigenvalue weighted by Gasteiger charge is -2.15. The third kappa shape index (κ3) is 1.51. The maximum absolute atomic E-state index is 11.7. The van der Waals surface area contributed by atoms with E-state index in [1.54, 1.807) is 0 Å². The Labute approximate surface area is 96.6 Å². The van der Waals surface area contributed by atoms with Crippen LogP contribution in [0.1, 0.15) is 49.2 Å². The van der Waals surface area contributed by atoms with Gasteiger partial charge in [-0.1, -0.05) is 13.8 Å². The minimum atomic E-state index is 0.343. The van der Waals surface area contributed by atoms with Gasteiger partial charge in [0.1, 0.15) is 0 Å². The zero-order chi connectivity index (χ0) is 11.3. The Morgan fingerprint density at radius 3 is 2.88 bits per heavy atom. The molecule has 1 fully saturated rings. The van der Waals surface area contributed by atoms with Gasteiger partial charge in [0.25, 0.3) is 0 Å². The van der Waals surface area contributed by atoms with Crippen molar-refractivity contribution in [3.63, 3.8) is 0 Å². The molecule has 0 N–H and O–H groups in total. The number of nitrogens with zero attached hydrogens (tertiary/aromatic N) is 1. The fourth-order valence-electron chi connectivity index (χ4n) is 2.88. The van der Waals surface area contributed by atoms with Crippen LogP contribution in [0.15, 0.2) is 12.3 Å². The molecule has 0 bridgehead atoms. The molecule has 2 aliphatic carbocycles. The molecule has 0 spiro atoms. The van der Waals surface area contributed by atoms with Crippen LogP contribution in [0.25, 0.3) is 0 Å². The normalized spacial score (nSPS) is 26.6. The first-order valence-corrected chi connectivity index (χ1v) is 6.29. The predicted octanol–water partition coefficient (Wildman–Crippen LogP) is 3.05. The summed E-state index contributed by atoms with van der Waals surface area (Å²) in [5.41, 5.74) is 2.80. The van der Waals surface area contributed by atoms with Crippen LogP contribution in [0.5, 0.6) is 0 Å². The molecule has 2 nitrogen and oxygen atoms in total. The van der Waals surface area contributed by atoms with Crippen molar-refractivity contribution in [1.29, 1.82) is 0 Å². The molecule has 0 radical (unpaired) electrons. The van der Waals surface area contributed by atoms with Gasteiger partial charge >= 0.3 is 0 Å². The lowest BCUT2D eigenvalue weighted by atomic mass is 9.97. The van der Waals surface area contributed by atoms with E-state index in [1.165, 1.54) is 12.1 Å². The van der Waals surface area contributed by atoms with Gasteiger partial charge < -0.3 is 4.57 Å². The monoisotopic (exact) mass is 217 g/mol. The zero-order valence-corrected chi connectivity index (χ0v) is 10.1. The summed E-state index contributed by atoms with van der Waals surface area (Å²) in [6.07, 6.45) is 6.30. The van der Waals surface area contributed by atoms with Crippen LogP contribution >= 0.6 is 0 Å². The Morgan fingerprint density at radius 2 is 2.19 bits per heavy atom. The van der Waals surface area contributed by atoms with Crippen molar-refractivity contribution >= 4 is 5.78 Å². The van der Waals surface area contributed by atoms with Gasteiger partial charge in [-0.2, -0.15) is 0 Å². The molecule has 0 aromatic carbocycles. The van der Waals surface area contributed by atoms with Crippen LogP contribution in [0.4, 0.5) is 0 Å². The summed E-state index contributed by atoms with van der Waals surface area (Å²) in [4.78, 5) is 11.7. The van der Waals surface area contributed by atoms with E-state index in [0.29, 0.717) is 11.2 Å². The molecule has 0 aliphatic heterocycles. The van der Waals surface area contributed by atoms with E-state index in [1.807, 2.05) is 6.07 Å². The van der Waals surface area contributed by atoms with Crippen molar-refractivity contribution in [3.05, 3.63) is 23.5 Å². The molecule has 0 saturated heterocycles. The first-order valence-electron chi connectivity index (χ1n) is 6.29. The molecule has 0 amide bonds. The van der Waals surface area contributed by atoms with Crippen LogP contribution in [-0.4, -0.2) is 10.4 Å². The average molecular weight is 217 g/mol. The molecule has 2 heteroatoms. The smallest absolute Gasteiger partial charge is 0.164 e. The first kappa shape index (κ1) is 10.1. The predicted molar refractivity (Wildman–Crippen MR) is 63.6 cm³/mol. The van der Waals surface area contributed by atoms with Gasteiger partial charge in [0.05, 0.1) is 0 Å². The van der Waals surface area contributed by atoms with Crippen LogP contribution in [0.3, 0.4) is 0 Å². The largest absolute Gasteiger partial charge is 0.350 e. The maximum Gasteiger partial charge on any atom is 0.164 e. The highest BCUT2D eigenvalue weighted by molar-refractivity contribution is 5.98. The molecule has 1 aromatic rings. The fourth-order valence-corrected chi connectivity index (χ4v) is 2.88. The number of aromatic nitrogens is 1. The van der Waals surface area contributed by atoms with Gasteiger partial charge in [0, 0.05) is 30.4 Å². The molecule has 3 rings (SSSR count). The molecule has 1 aromatic heterocycles. The Balaban J connectivity index is 1.84. The van der Waals surface area contributed by atoms with Crippen molar-refractivity contribution in [1.82, 2.24) is 4.57 Å². The minimum Gasteiger partial charge on any atom is -0.350 e. The fraction of sp³-hybridized carbons (Fsp3) is 0.643. The highest BCUT2D eigenvalue weighted by Crippen LogP contribution is 2.52. The number of Topliss-reactive ketones (excluding diaryl/α,β-unsaturated/α-hetero) is 1. The number of carbonyl (C=O) groups excluding carboxylic acids is 1. The Morgan fingerprint density at radius 1 is 1.44 bits per heavy atom. The number of ketones is 1. The summed E-state index contributed by atoms with van der Waals surface area (Å²) < 4.78 is 2.33. The van der Waals surface area contributed by atoms with E-state index in [9.17, 15) is 4.79 Å². The molecule has 1 heterocycles. The minimum absolute atomic E-state index is 0.343. The molecular formula is C14H19NO. The third-order valence-electron chi connectivity index (χ3n) is 4.33. The summed E-state index contributed by atoms with van der Waals surface area (Å²) in [7, 11) is 0. The Kier molecular flexibility index (Phi) is 2.04. The van der Waals surface area contributed by atoms with Crippen LogP contribution < -0.4 is 0 Å². The van der Waals surface area contributed by atoms with E-state index < -0.39 is 0 Å². The second kappa shape index (κ2) is 3.22. The summed E-state index contributed by atoms with van der Waals surface area (Å²) in [5, 5.41) is 0. The first-order chi connectivity index (χ1) is 7.58. The van der Waals surface area contributed by atoms with Crippen LogP contribution in [0.2, 0.25) is 0 Å². The zero-order valence-electron chi connectivity index (χ0n) is 10.1. The number of rotatable bonds is 2. The van der Waals surface area contributed by atoms with Crippen molar-refractivity contribution in [2.24, 2.45) is 11.3 Å². The lowest BCUT2D eigenvalue weighted by molar-refractivity contribution is 0.0971. The number of hydrogen-bond acceptors (Lipinski definition) is 1. The number of hydrogen-bond donors (Lipinski definition) is 0. The molecule has 86 valence electrons. The maximum atomic E-state index is 11.7. The molecule has 1 saturated carbocycles. The Hall–Kier alpha value is -1.05. The summed E-state index contributed by atoms with van der Waals surface area (Å²) in [6.45, 7) is 5.77. The summed E-state index contributed by atoms with van der Waals surface area (Å²) in [5.74, 6) is 1.15. The molecule has 1 atom stereocenters. The van der Waals surface area contributed by atoms with Crippen LogP contribution in [-0.2, 0) is 13.0 Å². The quantitative estimate of drug-likeness (QED) is 0.746. The number of fused-ring (bicyclic) bond motifs is 1. The van der Waals surface area contributed by atoms with Crippen molar-refractivity contribution in [3.8, 4) is 0 Å². The summed E-state index contributed by atoms with van der Waals surface area (Å²) >= 11 is 0. The third-order valence-corrected chi connectivity index (χ3v) is 4.33. The molecule has 1 unspecified atom stereocenters. The molecule has 2 aliphatic rings. The van der Waals surface area contributed by atoms with E-state index in [-0.39, 0.29) is 0 Å². The highest BCUT2D eigenvalue weighted by Gasteiger charge is 2.45. The van der Waals surface area contributed by atoms with E-state index >= 15 is 0 Å². The summed E-state index contributed by atoms with van der Waals surface area (Å²) in [6, 6.07) is 2.02. The van der Waals surface area contributed by atoms with Gasteiger partial charge in [-0.15, -0.1) is 0 Å². The van der Waals surface area contributed by atoms with Crippen molar-refractivity contribution in [2.75, 3.05) is 0 Å². The van der Waals surface area contributed by atoms with E-state index in [2.05, 4.69) is 24.6 Å². The van der Waals surface area contributed by atoms with Crippen LogP contribution in [0, 0.1) is 11.3 Å². The second-order valence-corrected chi connectivity index (χ2v) is 5.99. The van der Waals surface area contributed by atoms with Gasteiger partial charge in [0.15, 0.2) is 5.78 Å². The van der Waals surface area contributed by atoms with Gasteiger partial charge in [-0.25, -0.2) is 0 Å². The molecule has 16 heavy (non-hydrogen) atoms. The van der Waals surface area contributed by atoms with Gasteiger partial charge in [0.2, 0.25) is 0 Å². The lowest BCUT2D eigenvalue weighted by Crippen LogP contribution is -2.14. The topological polar surface area (TPSA) is 22.0 Å². The van der Waals surface area contributed by atoms with Gasteiger partial charge in [-0.05, 0) is 36.7 Å².